The van der Waals surface area contributed by atoms with Crippen LogP contribution in [0.15, 0.2) is 29.2 Å². The van der Waals surface area contributed by atoms with E-state index in [4.69, 9.17) is 4.55 Å². The lowest BCUT2D eigenvalue weighted by Gasteiger charge is -1.95. The molecule has 0 aliphatic rings. The third-order valence-electron chi connectivity index (χ3n) is 2.60. The van der Waals surface area contributed by atoms with Gasteiger partial charge in [0.05, 0.1) is 4.90 Å². The van der Waals surface area contributed by atoms with E-state index < -0.39 is 10.1 Å². The monoisotopic (exact) mass is 287 g/mol. The van der Waals surface area contributed by atoms with Crippen molar-refractivity contribution in [2.24, 2.45) is 0 Å². The summed E-state index contributed by atoms with van der Waals surface area (Å²) in [5.74, 6) is 0. The quantitative estimate of drug-likeness (QED) is 0.623. The molecule has 0 unspecified atom stereocenters. The van der Waals surface area contributed by atoms with Crippen LogP contribution < -0.4 is 5.32 Å². The van der Waals surface area contributed by atoms with Crippen molar-refractivity contribution in [2.45, 2.75) is 44.4 Å². The molecule has 1 aromatic carbocycles. The van der Waals surface area contributed by atoms with Gasteiger partial charge < -0.3 is 5.32 Å². The highest BCUT2D eigenvalue weighted by Crippen LogP contribution is 2.08. The van der Waals surface area contributed by atoms with Crippen LogP contribution in [-0.4, -0.2) is 26.6 Å². The lowest BCUT2D eigenvalue weighted by molar-refractivity contribution is 0.483. The second-order valence-electron chi connectivity index (χ2n) is 4.45. The van der Waals surface area contributed by atoms with E-state index in [2.05, 4.69) is 12.2 Å². The molecule has 0 aliphatic heterocycles. The van der Waals surface area contributed by atoms with E-state index in [-0.39, 0.29) is 4.90 Å². The Morgan fingerprint density at radius 3 is 2.11 bits per heavy atom. The van der Waals surface area contributed by atoms with Crippen molar-refractivity contribution < 1.29 is 13.0 Å². The lowest BCUT2D eigenvalue weighted by atomic mass is 10.2. The van der Waals surface area contributed by atoms with Crippen molar-refractivity contribution in [1.29, 1.82) is 0 Å². The predicted molar refractivity (Wildman–Crippen MR) is 79.1 cm³/mol. The van der Waals surface area contributed by atoms with Gasteiger partial charge >= 0.3 is 0 Å². The fourth-order valence-electron chi connectivity index (χ4n) is 1.44. The zero-order valence-corrected chi connectivity index (χ0v) is 12.8. The molecule has 0 saturated heterocycles. The summed E-state index contributed by atoms with van der Waals surface area (Å²) >= 11 is 0. The molecule has 0 saturated carbocycles. The molecule has 0 fully saturated rings. The van der Waals surface area contributed by atoms with Crippen molar-refractivity contribution in [2.75, 3.05) is 13.6 Å². The Morgan fingerprint density at radius 1 is 1.11 bits per heavy atom. The maximum atomic E-state index is 10.5. The molecule has 0 amide bonds. The number of rotatable bonds is 6. The second kappa shape index (κ2) is 9.95. The minimum Gasteiger partial charge on any atom is -0.320 e. The van der Waals surface area contributed by atoms with Crippen LogP contribution in [-0.2, 0) is 10.1 Å². The molecule has 110 valence electrons. The Labute approximate surface area is 117 Å². The van der Waals surface area contributed by atoms with Crippen LogP contribution in [0.1, 0.15) is 38.2 Å². The van der Waals surface area contributed by atoms with Gasteiger partial charge in [-0.25, -0.2) is 0 Å². The van der Waals surface area contributed by atoms with Crippen LogP contribution in [0.4, 0.5) is 0 Å². The molecular formula is C14H25NO3S. The van der Waals surface area contributed by atoms with Gasteiger partial charge in [0.15, 0.2) is 0 Å². The maximum Gasteiger partial charge on any atom is 0.294 e. The van der Waals surface area contributed by atoms with E-state index in [0.29, 0.717) is 0 Å². The van der Waals surface area contributed by atoms with Gasteiger partial charge in [0.2, 0.25) is 0 Å². The average Bonchev–Trinajstić information content (AvgIpc) is 2.35. The standard InChI is InChI=1S/C7H17N.C7H8O3S/c1-3-4-5-6-7-8-2;1-6-2-4-7(5-3-6)11(8,9)10/h8H,3-7H2,1-2H3;2-5H,1H3,(H,8,9,10). The topological polar surface area (TPSA) is 66.4 Å². The first-order valence-corrected chi connectivity index (χ1v) is 8.04. The van der Waals surface area contributed by atoms with Crippen LogP contribution in [0.3, 0.4) is 0 Å². The number of nitrogens with one attached hydrogen (secondary N) is 1. The minimum atomic E-state index is -4.02. The van der Waals surface area contributed by atoms with E-state index in [0.717, 1.165) is 5.56 Å². The summed E-state index contributed by atoms with van der Waals surface area (Å²) in [6.07, 6.45) is 5.45. The van der Waals surface area contributed by atoms with E-state index in [9.17, 15) is 8.42 Å². The van der Waals surface area contributed by atoms with Crippen molar-refractivity contribution in [3.8, 4) is 0 Å². The molecule has 0 atom stereocenters. The first-order valence-electron chi connectivity index (χ1n) is 6.60. The minimum absolute atomic E-state index is 0.0666. The molecular weight excluding hydrogens is 262 g/mol. The third-order valence-corrected chi connectivity index (χ3v) is 3.47. The number of hydrogen-bond acceptors (Lipinski definition) is 3. The van der Waals surface area contributed by atoms with Gasteiger partial charge in [-0.05, 0) is 39.1 Å². The van der Waals surface area contributed by atoms with Gasteiger partial charge in [0.1, 0.15) is 0 Å². The molecule has 0 aromatic heterocycles. The largest absolute Gasteiger partial charge is 0.320 e. The summed E-state index contributed by atoms with van der Waals surface area (Å²) in [6.45, 7) is 5.26. The Kier molecular flexibility index (Phi) is 9.47. The summed E-state index contributed by atoms with van der Waals surface area (Å²) in [5.41, 5.74) is 0.956. The van der Waals surface area contributed by atoms with Crippen molar-refractivity contribution in [3.05, 3.63) is 29.8 Å². The molecule has 2 N–H and O–H groups in total. The highest BCUT2D eigenvalue weighted by atomic mass is 32.2. The zero-order valence-electron chi connectivity index (χ0n) is 12.0. The van der Waals surface area contributed by atoms with E-state index in [1.165, 1.54) is 44.4 Å². The second-order valence-corrected chi connectivity index (χ2v) is 5.87. The molecule has 1 rings (SSSR count). The summed E-state index contributed by atoms with van der Waals surface area (Å²) < 4.78 is 29.6. The van der Waals surface area contributed by atoms with E-state index >= 15 is 0 Å². The van der Waals surface area contributed by atoms with Crippen LogP contribution in [0.2, 0.25) is 0 Å². The maximum absolute atomic E-state index is 10.5. The molecule has 0 aliphatic carbocycles. The fourth-order valence-corrected chi connectivity index (χ4v) is 1.92. The van der Waals surface area contributed by atoms with Crippen LogP contribution in [0.5, 0.6) is 0 Å². The molecule has 0 radical (unpaired) electrons. The van der Waals surface area contributed by atoms with Gasteiger partial charge in [0.25, 0.3) is 10.1 Å². The van der Waals surface area contributed by atoms with Crippen molar-refractivity contribution >= 4 is 10.1 Å². The first-order chi connectivity index (χ1) is 8.91. The summed E-state index contributed by atoms with van der Waals surface area (Å²) in [4.78, 5) is -0.0666. The Morgan fingerprint density at radius 2 is 1.68 bits per heavy atom. The van der Waals surface area contributed by atoms with E-state index in [1.54, 1.807) is 12.1 Å². The molecule has 4 nitrogen and oxygen atoms in total. The molecule has 0 heterocycles. The van der Waals surface area contributed by atoms with Gasteiger partial charge in [-0.2, -0.15) is 8.42 Å². The van der Waals surface area contributed by atoms with Gasteiger partial charge in [-0.3, -0.25) is 4.55 Å². The summed E-state index contributed by atoms with van der Waals surface area (Å²) in [7, 11) is -2.01. The highest BCUT2D eigenvalue weighted by Gasteiger charge is 2.06. The van der Waals surface area contributed by atoms with Gasteiger partial charge in [-0.15, -0.1) is 0 Å². The third kappa shape index (κ3) is 9.64. The Hall–Kier alpha value is -0.910. The van der Waals surface area contributed by atoms with Crippen LogP contribution >= 0.6 is 0 Å². The summed E-state index contributed by atoms with van der Waals surface area (Å²) in [5, 5.41) is 3.13. The smallest absolute Gasteiger partial charge is 0.294 e. The summed E-state index contributed by atoms with van der Waals surface area (Å²) in [6, 6.07) is 5.99. The predicted octanol–water partition coefficient (Wildman–Crippen LogP) is 3.03. The molecule has 5 heteroatoms. The van der Waals surface area contributed by atoms with E-state index in [1.807, 2.05) is 14.0 Å². The molecule has 1 aromatic rings. The first kappa shape index (κ1) is 18.1. The van der Waals surface area contributed by atoms with Crippen LogP contribution in [0, 0.1) is 6.92 Å². The Balaban J connectivity index is 0.000000362. The number of hydrogen-bond donors (Lipinski definition) is 2. The van der Waals surface area contributed by atoms with Crippen LogP contribution in [0.25, 0.3) is 0 Å². The van der Waals surface area contributed by atoms with Crippen molar-refractivity contribution in [1.82, 2.24) is 5.32 Å². The van der Waals surface area contributed by atoms with Crippen molar-refractivity contribution in [3.63, 3.8) is 0 Å². The molecule has 19 heavy (non-hydrogen) atoms. The Bertz CT molecular complexity index is 421. The van der Waals surface area contributed by atoms with Gasteiger partial charge in [-0.1, -0.05) is 43.9 Å². The highest BCUT2D eigenvalue weighted by molar-refractivity contribution is 7.85. The fraction of sp³-hybridized carbons (Fsp3) is 0.571. The average molecular weight is 287 g/mol. The number of aryl methyl sites for hydroxylation is 1. The SMILES string of the molecule is CCCCCCNC.Cc1ccc(S(=O)(=O)O)cc1. The van der Waals surface area contributed by atoms with Gasteiger partial charge in [0, 0.05) is 0 Å². The molecule has 0 spiro atoms. The number of benzene rings is 1. The zero-order chi connectivity index (χ0) is 14.7. The normalized spacial score (nSPS) is 10.7. The molecule has 0 bridgehead atoms. The lowest BCUT2D eigenvalue weighted by Crippen LogP contribution is -2.06. The number of unbranched alkanes of at least 4 members (excludes halogenated alkanes) is 3.